The number of aromatic nitrogens is 2. The quantitative estimate of drug-likeness (QED) is 0.399. The molecule has 1 aromatic heterocycles. The van der Waals surface area contributed by atoms with Gasteiger partial charge in [0, 0.05) is 20.3 Å². The molecule has 0 spiro atoms. The van der Waals surface area contributed by atoms with E-state index in [0.717, 1.165) is 18.2 Å². The van der Waals surface area contributed by atoms with Crippen molar-refractivity contribution in [1.82, 2.24) is 15.5 Å². The number of esters is 1. The Morgan fingerprint density at radius 3 is 2.90 bits per heavy atom. The molecule has 112 valence electrons. The molecule has 1 rings (SSSR count). The number of carbonyl (C=O) groups excluding carboxylic acids is 2. The Morgan fingerprint density at radius 2 is 2.20 bits per heavy atom. The number of amides is 1. The molecule has 0 fully saturated rings. The summed E-state index contributed by atoms with van der Waals surface area (Å²) in [4.78, 5) is 22.7. The standard InChI is InChI=1S/C11H17N3O5S/c1-3-18-10(16)9-13-14-11(19-9)20-7-8(15)12-5-4-6-17-2/h3-7H2,1-2H3,(H,12,15). The Balaban J connectivity index is 2.28. The molecule has 0 saturated carbocycles. The van der Waals surface area contributed by atoms with Crippen LogP contribution in [0.3, 0.4) is 0 Å². The minimum atomic E-state index is -0.670. The molecule has 1 aromatic rings. The molecule has 0 unspecified atom stereocenters. The largest absolute Gasteiger partial charge is 0.459 e. The highest BCUT2D eigenvalue weighted by Gasteiger charge is 2.16. The minimum absolute atomic E-state index is 0.136. The van der Waals surface area contributed by atoms with Gasteiger partial charge in [-0.25, -0.2) is 4.79 Å². The summed E-state index contributed by atoms with van der Waals surface area (Å²) in [5.41, 5.74) is 0. The molecule has 1 heterocycles. The number of ether oxygens (including phenoxy) is 2. The van der Waals surface area contributed by atoms with Crippen LogP contribution in [0.1, 0.15) is 24.0 Å². The van der Waals surface area contributed by atoms with Gasteiger partial charge in [-0.05, 0) is 13.3 Å². The Labute approximate surface area is 120 Å². The summed E-state index contributed by atoms with van der Waals surface area (Å²) in [7, 11) is 1.61. The van der Waals surface area contributed by atoms with E-state index in [4.69, 9.17) is 13.9 Å². The lowest BCUT2D eigenvalue weighted by atomic mass is 10.4. The molecule has 0 aliphatic carbocycles. The van der Waals surface area contributed by atoms with Crippen LogP contribution in [0.2, 0.25) is 0 Å². The van der Waals surface area contributed by atoms with Gasteiger partial charge in [-0.2, -0.15) is 0 Å². The number of carbonyl (C=O) groups is 2. The van der Waals surface area contributed by atoms with Crippen LogP contribution in [0.5, 0.6) is 0 Å². The number of rotatable bonds is 9. The zero-order chi connectivity index (χ0) is 14.8. The molecule has 0 aliphatic heterocycles. The van der Waals surface area contributed by atoms with Crippen LogP contribution in [0.15, 0.2) is 9.64 Å². The van der Waals surface area contributed by atoms with E-state index in [1.807, 2.05) is 0 Å². The average molecular weight is 303 g/mol. The van der Waals surface area contributed by atoms with Gasteiger partial charge in [0.25, 0.3) is 5.22 Å². The summed E-state index contributed by atoms with van der Waals surface area (Å²) >= 11 is 1.06. The van der Waals surface area contributed by atoms with Gasteiger partial charge >= 0.3 is 11.9 Å². The number of hydrogen-bond acceptors (Lipinski definition) is 8. The maximum absolute atomic E-state index is 11.5. The van der Waals surface area contributed by atoms with Crippen LogP contribution in [0.4, 0.5) is 0 Å². The van der Waals surface area contributed by atoms with E-state index in [9.17, 15) is 9.59 Å². The second-order valence-electron chi connectivity index (χ2n) is 3.58. The first kappa shape index (κ1) is 16.4. The molecule has 9 heteroatoms. The van der Waals surface area contributed by atoms with Gasteiger partial charge in [0.1, 0.15) is 0 Å². The van der Waals surface area contributed by atoms with Crippen molar-refractivity contribution >= 4 is 23.6 Å². The minimum Gasteiger partial charge on any atom is -0.459 e. The fourth-order valence-electron chi connectivity index (χ4n) is 1.17. The van der Waals surface area contributed by atoms with Gasteiger partial charge < -0.3 is 19.2 Å². The fourth-order valence-corrected chi connectivity index (χ4v) is 1.76. The molecular formula is C11H17N3O5S. The van der Waals surface area contributed by atoms with E-state index in [-0.39, 0.29) is 29.4 Å². The first-order valence-electron chi connectivity index (χ1n) is 6.06. The first-order chi connectivity index (χ1) is 9.67. The summed E-state index contributed by atoms with van der Waals surface area (Å²) in [6.07, 6.45) is 0.750. The van der Waals surface area contributed by atoms with E-state index >= 15 is 0 Å². The number of nitrogens with one attached hydrogen (secondary N) is 1. The number of nitrogens with zero attached hydrogens (tertiary/aromatic N) is 2. The lowest BCUT2D eigenvalue weighted by Gasteiger charge is -2.02. The van der Waals surface area contributed by atoms with Crippen LogP contribution in [-0.2, 0) is 14.3 Å². The molecular weight excluding hydrogens is 286 g/mol. The molecule has 0 radical (unpaired) electrons. The molecule has 1 N–H and O–H groups in total. The van der Waals surface area contributed by atoms with E-state index in [1.165, 1.54) is 0 Å². The van der Waals surface area contributed by atoms with Crippen molar-refractivity contribution in [1.29, 1.82) is 0 Å². The molecule has 0 aromatic carbocycles. The topological polar surface area (TPSA) is 104 Å². The van der Waals surface area contributed by atoms with Crippen molar-refractivity contribution in [2.24, 2.45) is 0 Å². The normalized spacial score (nSPS) is 10.3. The van der Waals surface area contributed by atoms with E-state index in [2.05, 4.69) is 15.5 Å². The van der Waals surface area contributed by atoms with Crippen molar-refractivity contribution in [3.05, 3.63) is 5.89 Å². The lowest BCUT2D eigenvalue weighted by Crippen LogP contribution is -2.26. The summed E-state index contributed by atoms with van der Waals surface area (Å²) < 4.78 is 14.6. The molecule has 20 heavy (non-hydrogen) atoms. The Kier molecular flexibility index (Phi) is 7.66. The van der Waals surface area contributed by atoms with Crippen LogP contribution < -0.4 is 5.32 Å². The SMILES string of the molecule is CCOC(=O)c1nnc(SCC(=O)NCCCOC)o1. The summed E-state index contributed by atoms with van der Waals surface area (Å²) in [6, 6.07) is 0. The Bertz CT molecular complexity index is 437. The zero-order valence-electron chi connectivity index (χ0n) is 11.4. The third kappa shape index (κ3) is 6.02. The van der Waals surface area contributed by atoms with Crippen LogP contribution >= 0.6 is 11.8 Å². The fraction of sp³-hybridized carbons (Fsp3) is 0.636. The average Bonchev–Trinajstić information content (AvgIpc) is 2.90. The van der Waals surface area contributed by atoms with Gasteiger partial charge in [0.15, 0.2) is 0 Å². The molecule has 0 saturated heterocycles. The highest BCUT2D eigenvalue weighted by Crippen LogP contribution is 2.15. The molecule has 1 amide bonds. The van der Waals surface area contributed by atoms with Crippen LogP contribution in [0, 0.1) is 0 Å². The third-order valence-corrected chi connectivity index (χ3v) is 2.85. The lowest BCUT2D eigenvalue weighted by molar-refractivity contribution is -0.118. The number of hydrogen-bond donors (Lipinski definition) is 1. The van der Waals surface area contributed by atoms with Crippen molar-refractivity contribution in [3.63, 3.8) is 0 Å². The van der Waals surface area contributed by atoms with E-state index in [1.54, 1.807) is 14.0 Å². The summed E-state index contributed by atoms with van der Waals surface area (Å²) in [5, 5.41) is 10.1. The first-order valence-corrected chi connectivity index (χ1v) is 7.05. The zero-order valence-corrected chi connectivity index (χ0v) is 12.2. The summed E-state index contributed by atoms with van der Waals surface area (Å²) in [5.74, 6) is -0.898. The molecule has 0 aliphatic rings. The van der Waals surface area contributed by atoms with Crippen molar-refractivity contribution in [3.8, 4) is 0 Å². The van der Waals surface area contributed by atoms with Crippen LogP contribution in [-0.4, -0.2) is 54.7 Å². The van der Waals surface area contributed by atoms with E-state index < -0.39 is 5.97 Å². The van der Waals surface area contributed by atoms with Gasteiger partial charge in [-0.3, -0.25) is 4.79 Å². The summed E-state index contributed by atoms with van der Waals surface area (Å²) in [6.45, 7) is 3.05. The van der Waals surface area contributed by atoms with Crippen molar-refractivity contribution in [2.45, 2.75) is 18.6 Å². The van der Waals surface area contributed by atoms with Crippen LogP contribution in [0.25, 0.3) is 0 Å². The smallest absolute Gasteiger partial charge is 0.396 e. The Hall–Kier alpha value is -1.61. The number of thioether (sulfide) groups is 1. The maximum atomic E-state index is 11.5. The molecule has 0 bridgehead atoms. The monoisotopic (exact) mass is 303 g/mol. The van der Waals surface area contributed by atoms with Gasteiger partial charge in [-0.1, -0.05) is 16.9 Å². The maximum Gasteiger partial charge on any atom is 0.396 e. The van der Waals surface area contributed by atoms with Gasteiger partial charge in [-0.15, -0.1) is 5.10 Å². The Morgan fingerprint density at radius 1 is 1.40 bits per heavy atom. The van der Waals surface area contributed by atoms with E-state index in [0.29, 0.717) is 13.2 Å². The van der Waals surface area contributed by atoms with Gasteiger partial charge in [0.05, 0.1) is 12.4 Å². The predicted molar refractivity (Wildman–Crippen MR) is 70.5 cm³/mol. The second-order valence-corrected chi connectivity index (χ2v) is 4.51. The highest BCUT2D eigenvalue weighted by atomic mass is 32.2. The predicted octanol–water partition coefficient (Wildman–Crippen LogP) is 0.491. The number of methoxy groups -OCH3 is 1. The highest BCUT2D eigenvalue weighted by molar-refractivity contribution is 7.99. The molecule has 0 atom stereocenters. The van der Waals surface area contributed by atoms with Gasteiger partial charge in [0.2, 0.25) is 5.91 Å². The second kappa shape index (κ2) is 9.32. The third-order valence-electron chi connectivity index (χ3n) is 2.03. The molecule has 8 nitrogen and oxygen atoms in total. The van der Waals surface area contributed by atoms with Crippen molar-refractivity contribution in [2.75, 3.05) is 32.6 Å². The van der Waals surface area contributed by atoms with Crippen molar-refractivity contribution < 1.29 is 23.5 Å².